The van der Waals surface area contributed by atoms with E-state index in [0.29, 0.717) is 19.6 Å². The number of hydrogen-bond donors (Lipinski definition) is 0. The minimum absolute atomic E-state index is 0.358. The molecule has 0 saturated heterocycles. The Morgan fingerprint density at radius 1 is 1.38 bits per heavy atom. The molecule has 1 rings (SSSR count). The molecule has 0 atom stereocenters. The number of benzene rings is 1. The van der Waals surface area contributed by atoms with Gasteiger partial charge in [0.25, 0.3) is 0 Å². The summed E-state index contributed by atoms with van der Waals surface area (Å²) in [5.41, 5.74) is 1.10. The molecule has 0 aliphatic heterocycles. The Hall–Kier alpha value is -1.77. The second kappa shape index (κ2) is 6.67. The van der Waals surface area contributed by atoms with Crippen LogP contribution in [0.4, 0.5) is 0 Å². The van der Waals surface area contributed by atoms with E-state index in [1.54, 1.807) is 0 Å². The van der Waals surface area contributed by atoms with Gasteiger partial charge < -0.3 is 9.47 Å². The van der Waals surface area contributed by atoms with E-state index < -0.39 is 5.97 Å². The molecule has 0 bridgehead atoms. The van der Waals surface area contributed by atoms with Crippen molar-refractivity contribution in [1.82, 2.24) is 0 Å². The van der Waals surface area contributed by atoms with Crippen molar-refractivity contribution in [2.45, 2.75) is 13.3 Å². The van der Waals surface area contributed by atoms with Gasteiger partial charge in [-0.1, -0.05) is 24.8 Å². The summed E-state index contributed by atoms with van der Waals surface area (Å²) in [5.74, 6) is 0.480. The summed E-state index contributed by atoms with van der Waals surface area (Å²) in [6.07, 6.45) is 1.83. The lowest BCUT2D eigenvalue weighted by Crippen LogP contribution is -2.06. The van der Waals surface area contributed by atoms with Gasteiger partial charge in [-0.2, -0.15) is 0 Å². The maximum Gasteiger partial charge on any atom is 0.330 e. The van der Waals surface area contributed by atoms with Crippen LogP contribution >= 0.6 is 0 Å². The summed E-state index contributed by atoms with van der Waals surface area (Å²) in [4.78, 5) is 10.7. The van der Waals surface area contributed by atoms with Gasteiger partial charge in [-0.05, 0) is 18.6 Å². The first kappa shape index (κ1) is 12.3. The fourth-order valence-corrected chi connectivity index (χ4v) is 1.19. The molecule has 86 valence electrons. The molecule has 3 heteroatoms. The summed E-state index contributed by atoms with van der Waals surface area (Å²) in [5, 5.41) is 0. The highest BCUT2D eigenvalue weighted by Gasteiger charge is 1.98. The molecule has 0 saturated carbocycles. The molecular weight excluding hydrogens is 204 g/mol. The van der Waals surface area contributed by atoms with Crippen LogP contribution in [-0.2, 0) is 9.53 Å². The summed E-state index contributed by atoms with van der Waals surface area (Å²) in [6.45, 7) is 6.20. The van der Waals surface area contributed by atoms with Gasteiger partial charge >= 0.3 is 5.97 Å². The average molecular weight is 220 g/mol. The Balaban J connectivity index is 2.19. The first-order valence-corrected chi connectivity index (χ1v) is 5.21. The Kier molecular flexibility index (Phi) is 5.12. The lowest BCUT2D eigenvalue weighted by atomic mass is 10.2. The van der Waals surface area contributed by atoms with Crippen molar-refractivity contribution in [2.75, 3.05) is 13.2 Å². The van der Waals surface area contributed by atoms with Crippen LogP contribution in [0.5, 0.6) is 5.75 Å². The average Bonchev–Trinajstić information content (AvgIpc) is 2.30. The normalized spacial score (nSPS) is 9.56. The van der Waals surface area contributed by atoms with Gasteiger partial charge in [0, 0.05) is 12.5 Å². The molecule has 0 amide bonds. The SMILES string of the molecule is C=CC(=O)OCCCOc1ccccc1C. The van der Waals surface area contributed by atoms with Crippen molar-refractivity contribution in [3.63, 3.8) is 0 Å². The van der Waals surface area contributed by atoms with Gasteiger partial charge in [0.15, 0.2) is 0 Å². The third kappa shape index (κ3) is 4.17. The van der Waals surface area contributed by atoms with Crippen molar-refractivity contribution >= 4 is 5.97 Å². The molecule has 0 spiro atoms. The fourth-order valence-electron chi connectivity index (χ4n) is 1.19. The maximum atomic E-state index is 10.7. The van der Waals surface area contributed by atoms with E-state index in [1.165, 1.54) is 0 Å². The first-order chi connectivity index (χ1) is 7.74. The van der Waals surface area contributed by atoms with E-state index >= 15 is 0 Å². The maximum absolute atomic E-state index is 10.7. The van der Waals surface area contributed by atoms with Gasteiger partial charge in [-0.3, -0.25) is 0 Å². The molecule has 0 N–H and O–H groups in total. The summed E-state index contributed by atoms with van der Waals surface area (Å²) >= 11 is 0. The number of para-hydroxylation sites is 1. The molecule has 1 aromatic rings. The zero-order valence-corrected chi connectivity index (χ0v) is 9.44. The van der Waals surface area contributed by atoms with Crippen molar-refractivity contribution in [3.05, 3.63) is 42.5 Å². The highest BCUT2D eigenvalue weighted by molar-refractivity contribution is 5.81. The molecule has 0 radical (unpaired) electrons. The van der Waals surface area contributed by atoms with Crippen molar-refractivity contribution in [1.29, 1.82) is 0 Å². The smallest absolute Gasteiger partial charge is 0.330 e. The second-order valence-electron chi connectivity index (χ2n) is 3.34. The largest absolute Gasteiger partial charge is 0.493 e. The summed E-state index contributed by atoms with van der Waals surface area (Å²) in [7, 11) is 0. The number of ether oxygens (including phenoxy) is 2. The molecule has 0 unspecified atom stereocenters. The van der Waals surface area contributed by atoms with Crippen LogP contribution in [0.2, 0.25) is 0 Å². The van der Waals surface area contributed by atoms with Gasteiger partial charge in [0.05, 0.1) is 13.2 Å². The van der Waals surface area contributed by atoms with Gasteiger partial charge in [-0.25, -0.2) is 4.79 Å². The highest BCUT2D eigenvalue weighted by atomic mass is 16.5. The van der Waals surface area contributed by atoms with Crippen LogP contribution in [0.15, 0.2) is 36.9 Å². The predicted molar refractivity (Wildman–Crippen MR) is 62.4 cm³/mol. The second-order valence-corrected chi connectivity index (χ2v) is 3.34. The van der Waals surface area contributed by atoms with E-state index in [4.69, 9.17) is 9.47 Å². The van der Waals surface area contributed by atoms with Crippen molar-refractivity contribution < 1.29 is 14.3 Å². The molecular formula is C13H16O3. The minimum Gasteiger partial charge on any atom is -0.493 e. The minimum atomic E-state index is -0.393. The zero-order valence-electron chi connectivity index (χ0n) is 9.44. The third-order valence-electron chi connectivity index (χ3n) is 2.05. The third-order valence-corrected chi connectivity index (χ3v) is 2.05. The monoisotopic (exact) mass is 220 g/mol. The molecule has 16 heavy (non-hydrogen) atoms. The number of rotatable bonds is 6. The number of carbonyl (C=O) groups excluding carboxylic acids is 1. The van der Waals surface area contributed by atoms with Crippen LogP contribution in [-0.4, -0.2) is 19.2 Å². The summed E-state index contributed by atoms with van der Waals surface area (Å²) < 4.78 is 10.4. The molecule has 1 aromatic carbocycles. The van der Waals surface area contributed by atoms with E-state index in [2.05, 4.69) is 6.58 Å². The Morgan fingerprint density at radius 3 is 2.81 bits per heavy atom. The first-order valence-electron chi connectivity index (χ1n) is 5.21. The lowest BCUT2D eigenvalue weighted by Gasteiger charge is -2.08. The number of carbonyl (C=O) groups is 1. The van der Waals surface area contributed by atoms with Gasteiger partial charge in [0.2, 0.25) is 0 Å². The van der Waals surface area contributed by atoms with Crippen LogP contribution in [0.25, 0.3) is 0 Å². The van der Waals surface area contributed by atoms with Crippen LogP contribution in [0.1, 0.15) is 12.0 Å². The van der Waals surface area contributed by atoms with Crippen molar-refractivity contribution in [3.8, 4) is 5.75 Å². The molecule has 0 fully saturated rings. The number of esters is 1. The molecule has 0 aromatic heterocycles. The predicted octanol–water partition coefficient (Wildman–Crippen LogP) is 2.49. The Labute approximate surface area is 95.7 Å². The quantitative estimate of drug-likeness (QED) is 0.420. The van der Waals surface area contributed by atoms with Crippen molar-refractivity contribution in [2.24, 2.45) is 0 Å². The van der Waals surface area contributed by atoms with Crippen LogP contribution < -0.4 is 4.74 Å². The van der Waals surface area contributed by atoms with Gasteiger partial charge in [-0.15, -0.1) is 0 Å². The van der Waals surface area contributed by atoms with Crippen LogP contribution in [0.3, 0.4) is 0 Å². The van der Waals surface area contributed by atoms with Crippen LogP contribution in [0, 0.1) is 6.92 Å². The van der Waals surface area contributed by atoms with E-state index in [9.17, 15) is 4.79 Å². The number of hydrogen-bond acceptors (Lipinski definition) is 3. The fraction of sp³-hybridized carbons (Fsp3) is 0.308. The standard InChI is InChI=1S/C13H16O3/c1-3-13(14)16-10-6-9-15-12-8-5-4-7-11(12)2/h3-5,7-8H,1,6,9-10H2,2H3. The molecule has 0 heterocycles. The lowest BCUT2D eigenvalue weighted by molar-refractivity contribution is -0.137. The topological polar surface area (TPSA) is 35.5 Å². The Bertz CT molecular complexity index is 358. The molecule has 3 nitrogen and oxygen atoms in total. The van der Waals surface area contributed by atoms with E-state index in [1.807, 2.05) is 31.2 Å². The molecule has 0 aliphatic rings. The highest BCUT2D eigenvalue weighted by Crippen LogP contribution is 2.15. The zero-order chi connectivity index (χ0) is 11.8. The number of aryl methyl sites for hydroxylation is 1. The van der Waals surface area contributed by atoms with E-state index in [0.717, 1.165) is 17.4 Å². The Morgan fingerprint density at radius 2 is 2.12 bits per heavy atom. The van der Waals surface area contributed by atoms with Gasteiger partial charge in [0.1, 0.15) is 5.75 Å². The summed E-state index contributed by atoms with van der Waals surface area (Å²) in [6, 6.07) is 7.81. The van der Waals surface area contributed by atoms with E-state index in [-0.39, 0.29) is 0 Å². The molecule has 0 aliphatic carbocycles.